The molecule has 2 aromatic carbocycles. The highest BCUT2D eigenvalue weighted by atomic mass is 16.5. The van der Waals surface area contributed by atoms with Gasteiger partial charge in [0.25, 0.3) is 11.8 Å². The Morgan fingerprint density at radius 2 is 1.67 bits per heavy atom. The molecule has 30 heavy (non-hydrogen) atoms. The average molecular weight is 405 g/mol. The number of aryl methyl sites for hydroxylation is 1. The molecule has 0 aromatic heterocycles. The quantitative estimate of drug-likeness (QED) is 0.258. The molecule has 5 heteroatoms. The Bertz CT molecular complexity index is 931. The minimum Gasteiger partial charge on any atom is -0.461 e. The summed E-state index contributed by atoms with van der Waals surface area (Å²) in [7, 11) is 0. The number of allylic oxidation sites excluding steroid dienone is 1. The summed E-state index contributed by atoms with van der Waals surface area (Å²) in [6, 6.07) is 13.0. The van der Waals surface area contributed by atoms with E-state index in [9.17, 15) is 14.4 Å². The molecule has 0 atom stereocenters. The number of rotatable bonds is 11. The van der Waals surface area contributed by atoms with Crippen LogP contribution in [0.3, 0.4) is 0 Å². The number of carbonyl (C=O) groups excluding carboxylic acids is 3. The molecule has 2 amide bonds. The maximum atomic E-state index is 12.2. The Morgan fingerprint density at radius 3 is 2.43 bits per heavy atom. The van der Waals surface area contributed by atoms with Crippen LogP contribution in [0.5, 0.6) is 0 Å². The molecule has 1 N–H and O–H groups in total. The van der Waals surface area contributed by atoms with Gasteiger partial charge in [0, 0.05) is 0 Å². The van der Waals surface area contributed by atoms with Gasteiger partial charge in [-0.3, -0.25) is 19.7 Å². The molecule has 0 fully saturated rings. The third-order valence-electron chi connectivity index (χ3n) is 5.23. The fourth-order valence-electron chi connectivity index (χ4n) is 3.58. The van der Waals surface area contributed by atoms with Gasteiger partial charge in [-0.25, -0.2) is 0 Å². The smallest absolute Gasteiger partial charge is 0.310 e. The summed E-state index contributed by atoms with van der Waals surface area (Å²) >= 11 is 0. The summed E-state index contributed by atoms with van der Waals surface area (Å²) in [5.74, 6) is -1.32. The van der Waals surface area contributed by atoms with E-state index in [2.05, 4.69) is 24.0 Å². The third-order valence-corrected chi connectivity index (χ3v) is 5.23. The van der Waals surface area contributed by atoms with Crippen molar-refractivity contribution in [3.05, 3.63) is 82.9 Å². The molecule has 5 nitrogen and oxygen atoms in total. The van der Waals surface area contributed by atoms with Crippen LogP contribution in [0.15, 0.2) is 55.1 Å². The first-order chi connectivity index (χ1) is 14.6. The molecule has 0 aliphatic carbocycles. The second-order valence-electron chi connectivity index (χ2n) is 7.52. The van der Waals surface area contributed by atoms with Crippen molar-refractivity contribution in [3.63, 3.8) is 0 Å². The Labute approximate surface area is 177 Å². The predicted octanol–water partition coefficient (Wildman–Crippen LogP) is 4.54. The monoisotopic (exact) mass is 405 g/mol. The SMILES string of the molecule is C=CCCCCCCc1ccc(COC(=O)Cc2cccc3c2C(=O)NC3=O)cc1. The van der Waals surface area contributed by atoms with Gasteiger partial charge in [-0.1, -0.05) is 55.3 Å². The van der Waals surface area contributed by atoms with Gasteiger partial charge in [-0.2, -0.15) is 0 Å². The molecule has 0 bridgehead atoms. The van der Waals surface area contributed by atoms with E-state index in [0.717, 1.165) is 18.4 Å². The highest BCUT2D eigenvalue weighted by Crippen LogP contribution is 2.21. The van der Waals surface area contributed by atoms with E-state index in [0.29, 0.717) is 11.1 Å². The van der Waals surface area contributed by atoms with Gasteiger partial charge in [-0.05, 0) is 48.4 Å². The topological polar surface area (TPSA) is 72.5 Å². The largest absolute Gasteiger partial charge is 0.461 e. The van der Waals surface area contributed by atoms with E-state index in [1.165, 1.54) is 31.2 Å². The first-order valence-corrected chi connectivity index (χ1v) is 10.4. The molecular formula is C25H27NO4. The van der Waals surface area contributed by atoms with Crippen molar-refractivity contribution in [1.82, 2.24) is 5.32 Å². The van der Waals surface area contributed by atoms with Crippen molar-refractivity contribution in [2.24, 2.45) is 0 Å². The van der Waals surface area contributed by atoms with Gasteiger partial charge >= 0.3 is 5.97 Å². The normalized spacial score (nSPS) is 12.4. The summed E-state index contributed by atoms with van der Waals surface area (Å²) in [4.78, 5) is 35.9. The maximum absolute atomic E-state index is 12.2. The van der Waals surface area contributed by atoms with Crippen LogP contribution in [0.4, 0.5) is 0 Å². The molecule has 3 rings (SSSR count). The van der Waals surface area contributed by atoms with Crippen molar-refractivity contribution in [3.8, 4) is 0 Å². The van der Waals surface area contributed by atoms with E-state index in [-0.39, 0.29) is 18.6 Å². The average Bonchev–Trinajstić information content (AvgIpc) is 3.04. The van der Waals surface area contributed by atoms with Crippen LogP contribution < -0.4 is 5.32 Å². The van der Waals surface area contributed by atoms with Crippen LogP contribution in [-0.2, 0) is 29.0 Å². The van der Waals surface area contributed by atoms with Crippen molar-refractivity contribution < 1.29 is 19.1 Å². The minimum atomic E-state index is -0.463. The van der Waals surface area contributed by atoms with Crippen LogP contribution in [0, 0.1) is 0 Å². The van der Waals surface area contributed by atoms with Crippen molar-refractivity contribution in [2.45, 2.75) is 51.6 Å². The van der Waals surface area contributed by atoms with Gasteiger partial charge in [0.15, 0.2) is 0 Å². The lowest BCUT2D eigenvalue weighted by Gasteiger charge is -2.08. The number of imide groups is 1. The van der Waals surface area contributed by atoms with E-state index in [1.54, 1.807) is 18.2 Å². The number of hydrogen-bond acceptors (Lipinski definition) is 4. The van der Waals surface area contributed by atoms with E-state index >= 15 is 0 Å². The minimum absolute atomic E-state index is 0.0478. The number of unbranched alkanes of at least 4 members (excludes halogenated alkanes) is 4. The lowest BCUT2D eigenvalue weighted by molar-refractivity contribution is -0.144. The van der Waals surface area contributed by atoms with Crippen LogP contribution >= 0.6 is 0 Å². The first-order valence-electron chi connectivity index (χ1n) is 10.4. The van der Waals surface area contributed by atoms with Gasteiger partial charge in [0.1, 0.15) is 6.61 Å². The second kappa shape index (κ2) is 10.5. The summed E-state index contributed by atoms with van der Waals surface area (Å²) in [6.45, 7) is 3.92. The molecule has 0 radical (unpaired) electrons. The molecule has 1 aliphatic heterocycles. The fraction of sp³-hybridized carbons (Fsp3) is 0.320. The van der Waals surface area contributed by atoms with Crippen molar-refractivity contribution in [1.29, 1.82) is 0 Å². The highest BCUT2D eigenvalue weighted by molar-refractivity contribution is 6.22. The molecule has 0 saturated carbocycles. The number of ether oxygens (including phenoxy) is 1. The van der Waals surface area contributed by atoms with Crippen LogP contribution in [-0.4, -0.2) is 17.8 Å². The number of carbonyl (C=O) groups is 3. The fourth-order valence-corrected chi connectivity index (χ4v) is 3.58. The van der Waals surface area contributed by atoms with Gasteiger partial charge in [0.05, 0.1) is 17.5 Å². The lowest BCUT2D eigenvalue weighted by atomic mass is 10.0. The van der Waals surface area contributed by atoms with E-state index in [4.69, 9.17) is 4.74 Å². The zero-order valence-corrected chi connectivity index (χ0v) is 17.1. The number of amides is 2. The van der Waals surface area contributed by atoms with Crippen molar-refractivity contribution in [2.75, 3.05) is 0 Å². The predicted molar refractivity (Wildman–Crippen MR) is 115 cm³/mol. The second-order valence-corrected chi connectivity index (χ2v) is 7.52. The van der Waals surface area contributed by atoms with Gasteiger partial charge < -0.3 is 4.74 Å². The van der Waals surface area contributed by atoms with Crippen LogP contribution in [0.25, 0.3) is 0 Å². The third kappa shape index (κ3) is 5.66. The highest BCUT2D eigenvalue weighted by Gasteiger charge is 2.29. The zero-order valence-electron chi connectivity index (χ0n) is 17.1. The standard InChI is InChI=1S/C25H27NO4/c1-2-3-4-5-6-7-9-18-12-14-19(15-13-18)17-30-22(27)16-20-10-8-11-21-23(20)25(29)26-24(21)28/h2,8,10-15H,1,3-7,9,16-17H2,(H,26,28,29). The molecule has 0 saturated heterocycles. The molecule has 156 valence electrons. The number of esters is 1. The first kappa shape index (κ1) is 21.5. The van der Waals surface area contributed by atoms with Gasteiger partial charge in [0.2, 0.25) is 0 Å². The summed E-state index contributed by atoms with van der Waals surface area (Å²) in [6.07, 6.45) is 8.90. The van der Waals surface area contributed by atoms with Crippen LogP contribution in [0.2, 0.25) is 0 Å². The molecule has 1 aliphatic rings. The lowest BCUT2D eigenvalue weighted by Crippen LogP contribution is -2.20. The summed E-state index contributed by atoms with van der Waals surface area (Å²) in [5, 5.41) is 2.25. The number of nitrogens with one attached hydrogen (secondary N) is 1. The number of fused-ring (bicyclic) bond motifs is 1. The zero-order chi connectivity index (χ0) is 21.3. The van der Waals surface area contributed by atoms with E-state index in [1.807, 2.05) is 18.2 Å². The molecule has 2 aromatic rings. The Kier molecular flexibility index (Phi) is 7.55. The number of benzene rings is 2. The number of hydrogen-bond donors (Lipinski definition) is 1. The molecule has 1 heterocycles. The summed E-state index contributed by atoms with van der Waals surface area (Å²) < 4.78 is 5.37. The Hall–Kier alpha value is -3.21. The molecule has 0 spiro atoms. The summed E-state index contributed by atoms with van der Waals surface area (Å²) in [5.41, 5.74) is 3.28. The van der Waals surface area contributed by atoms with Gasteiger partial charge in [-0.15, -0.1) is 6.58 Å². The van der Waals surface area contributed by atoms with Crippen molar-refractivity contribution >= 4 is 17.8 Å². The van der Waals surface area contributed by atoms with Crippen LogP contribution in [0.1, 0.15) is 69.5 Å². The molecular weight excluding hydrogens is 378 g/mol. The Balaban J connectivity index is 1.45. The van der Waals surface area contributed by atoms with E-state index < -0.39 is 17.8 Å². The molecule has 0 unspecified atom stereocenters. The maximum Gasteiger partial charge on any atom is 0.310 e. The Morgan fingerprint density at radius 1 is 0.933 bits per heavy atom.